The maximum atomic E-state index is 6.01. The summed E-state index contributed by atoms with van der Waals surface area (Å²) in [4.78, 5) is 0. The zero-order valence-electron chi connectivity index (χ0n) is 20.2. The van der Waals surface area contributed by atoms with E-state index in [1.54, 1.807) is 21.3 Å². The molecule has 176 valence electrons. The van der Waals surface area contributed by atoms with Gasteiger partial charge in [0.05, 0.1) is 21.3 Å². The van der Waals surface area contributed by atoms with Crippen LogP contribution in [0, 0.1) is 0 Å². The lowest BCUT2D eigenvalue weighted by atomic mass is 9.93. The summed E-state index contributed by atoms with van der Waals surface area (Å²) < 4.78 is 22.5. The van der Waals surface area contributed by atoms with Gasteiger partial charge in [-0.05, 0) is 53.3 Å². The first-order chi connectivity index (χ1) is 17.2. The monoisotopic (exact) mass is 464 g/mol. The SMILES string of the molecule is COc1cc(C2=C(c3ccc(Cc4ccccc4)c(Cc4ccccc4)c3)O2)cc(OC)c1OC. The fraction of sp³-hybridized carbons (Fsp3) is 0.161. The van der Waals surface area contributed by atoms with Gasteiger partial charge in [-0.2, -0.15) is 0 Å². The first-order valence-corrected chi connectivity index (χ1v) is 11.6. The molecule has 0 radical (unpaired) electrons. The van der Waals surface area contributed by atoms with E-state index < -0.39 is 0 Å². The molecule has 0 aromatic heterocycles. The Morgan fingerprint density at radius 2 is 1.09 bits per heavy atom. The van der Waals surface area contributed by atoms with Crippen LogP contribution in [0.15, 0.2) is 91.0 Å². The van der Waals surface area contributed by atoms with Crippen LogP contribution in [0.2, 0.25) is 0 Å². The van der Waals surface area contributed by atoms with Crippen LogP contribution in [0.4, 0.5) is 0 Å². The summed E-state index contributed by atoms with van der Waals surface area (Å²) >= 11 is 0. The number of rotatable bonds is 9. The van der Waals surface area contributed by atoms with E-state index in [1.807, 2.05) is 12.1 Å². The molecular weight excluding hydrogens is 436 g/mol. The number of methoxy groups -OCH3 is 3. The van der Waals surface area contributed by atoms with Crippen LogP contribution in [-0.4, -0.2) is 21.3 Å². The van der Waals surface area contributed by atoms with Gasteiger partial charge in [-0.25, -0.2) is 0 Å². The van der Waals surface area contributed by atoms with E-state index in [2.05, 4.69) is 78.9 Å². The van der Waals surface area contributed by atoms with Crippen molar-refractivity contribution >= 4 is 11.5 Å². The Labute approximate surface area is 206 Å². The van der Waals surface area contributed by atoms with Crippen LogP contribution in [0.1, 0.15) is 33.4 Å². The molecule has 4 aromatic rings. The fourth-order valence-electron chi connectivity index (χ4n) is 4.40. The zero-order valence-corrected chi connectivity index (χ0v) is 20.2. The van der Waals surface area contributed by atoms with Gasteiger partial charge in [-0.1, -0.05) is 72.8 Å². The lowest BCUT2D eigenvalue weighted by molar-refractivity contribution is 0.324. The number of benzene rings is 4. The molecule has 0 fully saturated rings. The highest BCUT2D eigenvalue weighted by molar-refractivity contribution is 5.97. The zero-order chi connectivity index (χ0) is 24.2. The summed E-state index contributed by atoms with van der Waals surface area (Å²) in [6.07, 6.45) is 1.76. The second kappa shape index (κ2) is 9.98. The third kappa shape index (κ3) is 4.87. The molecule has 0 N–H and O–H groups in total. The van der Waals surface area contributed by atoms with Crippen molar-refractivity contribution < 1.29 is 18.9 Å². The van der Waals surface area contributed by atoms with Crippen LogP contribution in [0.3, 0.4) is 0 Å². The molecule has 0 atom stereocenters. The maximum absolute atomic E-state index is 6.01. The van der Waals surface area contributed by atoms with E-state index in [0.29, 0.717) is 17.2 Å². The predicted octanol–water partition coefficient (Wildman–Crippen LogP) is 6.75. The average molecular weight is 465 g/mol. The molecule has 4 heteroatoms. The summed E-state index contributed by atoms with van der Waals surface area (Å²) in [5.74, 6) is 3.47. The van der Waals surface area contributed by atoms with Crippen molar-refractivity contribution in [2.24, 2.45) is 0 Å². The third-order valence-corrected chi connectivity index (χ3v) is 6.24. The van der Waals surface area contributed by atoms with Gasteiger partial charge < -0.3 is 18.9 Å². The van der Waals surface area contributed by atoms with Crippen LogP contribution in [-0.2, 0) is 17.6 Å². The van der Waals surface area contributed by atoms with E-state index in [4.69, 9.17) is 18.9 Å². The fourth-order valence-corrected chi connectivity index (χ4v) is 4.40. The van der Waals surface area contributed by atoms with E-state index in [0.717, 1.165) is 35.5 Å². The van der Waals surface area contributed by atoms with Gasteiger partial charge >= 0.3 is 0 Å². The summed E-state index contributed by atoms with van der Waals surface area (Å²) in [6, 6.07) is 31.6. The molecule has 1 aliphatic heterocycles. The first kappa shape index (κ1) is 22.6. The normalized spacial score (nSPS) is 12.2. The number of ether oxygens (including phenoxy) is 4. The predicted molar refractivity (Wildman–Crippen MR) is 139 cm³/mol. The van der Waals surface area contributed by atoms with Gasteiger partial charge in [-0.15, -0.1) is 0 Å². The lowest BCUT2D eigenvalue weighted by Crippen LogP contribution is -1.98. The van der Waals surface area contributed by atoms with Gasteiger partial charge in [0.1, 0.15) is 0 Å². The van der Waals surface area contributed by atoms with Gasteiger partial charge in [0.15, 0.2) is 23.0 Å². The Balaban J connectivity index is 1.51. The highest BCUT2D eigenvalue weighted by Crippen LogP contribution is 2.48. The molecular formula is C31H28O4. The molecule has 0 amide bonds. The van der Waals surface area contributed by atoms with Crippen molar-refractivity contribution in [1.82, 2.24) is 0 Å². The van der Waals surface area contributed by atoms with Gasteiger partial charge in [0.2, 0.25) is 5.75 Å². The van der Waals surface area contributed by atoms with Crippen LogP contribution in [0.5, 0.6) is 17.2 Å². The summed E-state index contributed by atoms with van der Waals surface area (Å²) in [6.45, 7) is 0. The molecule has 5 rings (SSSR count). The average Bonchev–Trinajstić information content (AvgIpc) is 3.71. The molecule has 0 saturated heterocycles. The second-order valence-electron chi connectivity index (χ2n) is 8.48. The molecule has 0 saturated carbocycles. The second-order valence-corrected chi connectivity index (χ2v) is 8.48. The summed E-state index contributed by atoms with van der Waals surface area (Å²) in [5.41, 5.74) is 7.16. The van der Waals surface area contributed by atoms with Crippen LogP contribution < -0.4 is 14.2 Å². The summed E-state index contributed by atoms with van der Waals surface area (Å²) in [5, 5.41) is 0. The standard InChI is InChI=1S/C31H28O4/c1-32-27-19-26(20-28(33-2)31(27)34-3)30-29(35-30)24-15-14-23(16-21-10-6-4-7-11-21)25(18-24)17-22-12-8-5-9-13-22/h4-15,18-20H,16-17H2,1-3H3. The van der Waals surface area contributed by atoms with Crippen LogP contribution >= 0.6 is 0 Å². The van der Waals surface area contributed by atoms with E-state index >= 15 is 0 Å². The van der Waals surface area contributed by atoms with E-state index in [9.17, 15) is 0 Å². The van der Waals surface area contributed by atoms with Gasteiger partial charge in [-0.3, -0.25) is 0 Å². The molecule has 4 nitrogen and oxygen atoms in total. The van der Waals surface area contributed by atoms with Crippen LogP contribution in [0.25, 0.3) is 11.5 Å². The minimum absolute atomic E-state index is 0.567. The minimum Gasteiger partial charge on any atom is -0.493 e. The van der Waals surface area contributed by atoms with Crippen molar-refractivity contribution in [3.05, 3.63) is 124 Å². The molecule has 0 bridgehead atoms. The van der Waals surface area contributed by atoms with Gasteiger partial charge in [0, 0.05) is 11.1 Å². The quantitative estimate of drug-likeness (QED) is 0.275. The Morgan fingerprint density at radius 1 is 0.543 bits per heavy atom. The molecule has 1 heterocycles. The maximum Gasteiger partial charge on any atom is 0.203 e. The Bertz CT molecular complexity index is 1330. The van der Waals surface area contributed by atoms with Crippen molar-refractivity contribution in [2.45, 2.75) is 12.8 Å². The van der Waals surface area contributed by atoms with Crippen molar-refractivity contribution in [2.75, 3.05) is 21.3 Å². The number of hydrogen-bond acceptors (Lipinski definition) is 4. The van der Waals surface area contributed by atoms with E-state index in [1.165, 1.54) is 22.3 Å². The Morgan fingerprint density at radius 3 is 1.63 bits per heavy atom. The smallest absolute Gasteiger partial charge is 0.203 e. The van der Waals surface area contributed by atoms with Crippen molar-refractivity contribution in [3.63, 3.8) is 0 Å². The molecule has 0 spiro atoms. The highest BCUT2D eigenvalue weighted by atomic mass is 16.6. The lowest BCUT2D eigenvalue weighted by Gasteiger charge is -2.12. The Hall–Kier alpha value is -4.18. The first-order valence-electron chi connectivity index (χ1n) is 11.6. The molecule has 0 aliphatic carbocycles. The molecule has 4 aromatic carbocycles. The Kier molecular flexibility index (Phi) is 6.44. The molecule has 35 heavy (non-hydrogen) atoms. The number of hydrogen-bond donors (Lipinski definition) is 0. The van der Waals surface area contributed by atoms with Crippen molar-refractivity contribution in [3.8, 4) is 17.2 Å². The largest absolute Gasteiger partial charge is 0.493 e. The highest BCUT2D eigenvalue weighted by Gasteiger charge is 2.31. The van der Waals surface area contributed by atoms with Gasteiger partial charge in [0.25, 0.3) is 0 Å². The summed E-state index contributed by atoms with van der Waals surface area (Å²) in [7, 11) is 4.83. The molecule has 0 unspecified atom stereocenters. The van der Waals surface area contributed by atoms with Crippen molar-refractivity contribution in [1.29, 1.82) is 0 Å². The molecule has 1 aliphatic rings. The third-order valence-electron chi connectivity index (χ3n) is 6.24. The topological polar surface area (TPSA) is 40.2 Å². The minimum atomic E-state index is 0.567. The van der Waals surface area contributed by atoms with E-state index in [-0.39, 0.29) is 0 Å².